The summed E-state index contributed by atoms with van der Waals surface area (Å²) >= 11 is 0. The molecule has 0 aromatic carbocycles. The van der Waals surface area contributed by atoms with Gasteiger partial charge in [0.05, 0.1) is 0 Å². The maximum atomic E-state index is 12.8. The number of allylic oxidation sites excluding steroid dienone is 16. The Bertz CT molecular complexity index is 1360. The highest BCUT2D eigenvalue weighted by molar-refractivity contribution is 5.71. The van der Waals surface area contributed by atoms with E-state index in [0.717, 1.165) is 128 Å². The first kappa shape index (κ1) is 64.3. The number of ether oxygens (including phenoxy) is 3. The van der Waals surface area contributed by atoms with Crippen molar-refractivity contribution in [3.63, 3.8) is 0 Å². The van der Waals surface area contributed by atoms with Crippen LogP contribution in [0.1, 0.15) is 258 Å². The van der Waals surface area contributed by atoms with Gasteiger partial charge in [0.15, 0.2) is 6.10 Å². The molecule has 1 atom stereocenters. The molecule has 0 bridgehead atoms. The summed E-state index contributed by atoms with van der Waals surface area (Å²) in [7, 11) is 0. The molecule has 0 aliphatic carbocycles. The summed E-state index contributed by atoms with van der Waals surface area (Å²) in [5, 5.41) is 0. The first-order valence-corrected chi connectivity index (χ1v) is 28.2. The van der Waals surface area contributed by atoms with Gasteiger partial charge in [-0.3, -0.25) is 14.4 Å². The van der Waals surface area contributed by atoms with Gasteiger partial charge in [-0.05, 0) is 122 Å². The maximum absolute atomic E-state index is 12.8. The van der Waals surface area contributed by atoms with Crippen molar-refractivity contribution in [2.75, 3.05) is 13.2 Å². The van der Waals surface area contributed by atoms with Crippen LogP contribution < -0.4 is 0 Å². The molecule has 0 heterocycles. The molecule has 0 spiro atoms. The second kappa shape index (κ2) is 55.9. The molecular weight excluding hydrogens is 841 g/mol. The molecule has 6 nitrogen and oxygen atoms in total. The highest BCUT2D eigenvalue weighted by Crippen LogP contribution is 2.13. The fourth-order valence-electron chi connectivity index (χ4n) is 7.55. The van der Waals surface area contributed by atoms with E-state index in [1.807, 2.05) is 0 Å². The molecule has 68 heavy (non-hydrogen) atoms. The standard InChI is InChI=1S/C62H104O6/c1-4-7-10-13-16-19-22-25-27-29-30-31-32-33-35-37-40-43-46-49-52-55-61(64)67-58-59(57-66-60(63)54-51-48-45-42-39-36-24-21-18-15-12-9-6-3)68-62(65)56-53-50-47-44-41-38-34-28-26-23-20-17-14-11-8-5-2/h9,12,18,20-23,25,28-30,32-34,36,39,59H,4-8,10-11,13-17,19,24,26-27,31,35,37-38,40-58H2,1-3H3/b12-9-,21-18-,23-20-,25-22-,30-29-,33-32-,34-28-,39-36-. The lowest BCUT2D eigenvalue weighted by Crippen LogP contribution is -2.30. The Morgan fingerprint density at radius 2 is 0.574 bits per heavy atom. The maximum Gasteiger partial charge on any atom is 0.306 e. The third-order valence-corrected chi connectivity index (χ3v) is 11.8. The van der Waals surface area contributed by atoms with Gasteiger partial charge in [-0.25, -0.2) is 0 Å². The normalized spacial score (nSPS) is 12.8. The molecule has 0 aromatic rings. The van der Waals surface area contributed by atoms with Gasteiger partial charge < -0.3 is 14.2 Å². The van der Waals surface area contributed by atoms with Gasteiger partial charge in [-0.15, -0.1) is 0 Å². The minimum atomic E-state index is -0.804. The molecule has 0 saturated heterocycles. The fraction of sp³-hybridized carbons (Fsp3) is 0.694. The van der Waals surface area contributed by atoms with E-state index in [2.05, 4.69) is 118 Å². The summed E-state index contributed by atoms with van der Waals surface area (Å²) in [6.45, 7) is 6.45. The Hall–Kier alpha value is -3.67. The smallest absolute Gasteiger partial charge is 0.306 e. The fourth-order valence-corrected chi connectivity index (χ4v) is 7.55. The number of rotatable bonds is 50. The summed E-state index contributed by atoms with van der Waals surface area (Å²) in [5.41, 5.74) is 0. The largest absolute Gasteiger partial charge is 0.462 e. The van der Waals surface area contributed by atoms with E-state index < -0.39 is 6.10 Å². The number of esters is 3. The minimum absolute atomic E-state index is 0.100. The lowest BCUT2D eigenvalue weighted by molar-refractivity contribution is -0.167. The zero-order chi connectivity index (χ0) is 49.3. The Morgan fingerprint density at radius 3 is 0.926 bits per heavy atom. The van der Waals surface area contributed by atoms with E-state index in [0.29, 0.717) is 19.3 Å². The number of carbonyl (C=O) groups excluding carboxylic acids is 3. The number of unbranched alkanes of at least 4 members (excludes halogenated alkanes) is 23. The Labute approximate surface area is 419 Å². The van der Waals surface area contributed by atoms with Gasteiger partial charge in [0.1, 0.15) is 13.2 Å². The van der Waals surface area contributed by atoms with Crippen molar-refractivity contribution in [2.45, 2.75) is 264 Å². The highest BCUT2D eigenvalue weighted by atomic mass is 16.6. The minimum Gasteiger partial charge on any atom is -0.462 e. The number of hydrogen-bond acceptors (Lipinski definition) is 6. The van der Waals surface area contributed by atoms with Gasteiger partial charge in [0.2, 0.25) is 0 Å². The summed E-state index contributed by atoms with van der Waals surface area (Å²) in [5.74, 6) is -0.955. The third kappa shape index (κ3) is 53.3. The van der Waals surface area contributed by atoms with E-state index in [1.54, 1.807) is 0 Å². The van der Waals surface area contributed by atoms with Crippen LogP contribution in [0.4, 0.5) is 0 Å². The molecule has 0 aliphatic rings. The highest BCUT2D eigenvalue weighted by Gasteiger charge is 2.19. The Morgan fingerprint density at radius 1 is 0.309 bits per heavy atom. The number of hydrogen-bond donors (Lipinski definition) is 0. The van der Waals surface area contributed by atoms with E-state index in [4.69, 9.17) is 14.2 Å². The lowest BCUT2D eigenvalue weighted by atomic mass is 10.1. The third-order valence-electron chi connectivity index (χ3n) is 11.8. The quantitative estimate of drug-likeness (QED) is 0.0262. The van der Waals surface area contributed by atoms with Gasteiger partial charge >= 0.3 is 17.9 Å². The van der Waals surface area contributed by atoms with E-state index in [-0.39, 0.29) is 31.1 Å². The molecule has 0 radical (unpaired) electrons. The van der Waals surface area contributed by atoms with Gasteiger partial charge in [-0.2, -0.15) is 0 Å². The SMILES string of the molecule is CC/C=C\C/C=C\C/C=C\CCCCCC(=O)OCC(COC(=O)CCCCCCCC/C=C\C/C=C\C/C=C\CCCCCCC)OC(=O)CCCCCCC/C=C\C/C=C\CCCCCC. The van der Waals surface area contributed by atoms with Crippen molar-refractivity contribution in [1.29, 1.82) is 0 Å². The Balaban J connectivity index is 4.44. The van der Waals surface area contributed by atoms with Crippen LogP contribution in [0, 0.1) is 0 Å². The topological polar surface area (TPSA) is 78.9 Å². The van der Waals surface area contributed by atoms with Crippen LogP contribution >= 0.6 is 0 Å². The molecule has 388 valence electrons. The summed E-state index contributed by atoms with van der Waals surface area (Å²) in [6, 6.07) is 0. The van der Waals surface area contributed by atoms with E-state index in [1.165, 1.54) is 89.9 Å². The predicted molar refractivity (Wildman–Crippen MR) is 293 cm³/mol. The van der Waals surface area contributed by atoms with Crippen molar-refractivity contribution < 1.29 is 28.6 Å². The lowest BCUT2D eigenvalue weighted by Gasteiger charge is -2.18. The van der Waals surface area contributed by atoms with Crippen molar-refractivity contribution >= 4 is 17.9 Å². The monoisotopic (exact) mass is 945 g/mol. The summed E-state index contributed by atoms with van der Waals surface area (Å²) in [6.07, 6.45) is 73.9. The first-order valence-electron chi connectivity index (χ1n) is 28.2. The van der Waals surface area contributed by atoms with Crippen molar-refractivity contribution in [2.24, 2.45) is 0 Å². The van der Waals surface area contributed by atoms with Crippen LogP contribution in [0.2, 0.25) is 0 Å². The molecular formula is C62H104O6. The van der Waals surface area contributed by atoms with Crippen molar-refractivity contribution in [1.82, 2.24) is 0 Å². The molecule has 0 saturated carbocycles. The molecule has 0 rings (SSSR count). The second-order valence-corrected chi connectivity index (χ2v) is 18.5. The first-order chi connectivity index (χ1) is 33.5. The van der Waals surface area contributed by atoms with E-state index in [9.17, 15) is 14.4 Å². The summed E-state index contributed by atoms with van der Waals surface area (Å²) < 4.78 is 16.8. The van der Waals surface area contributed by atoms with E-state index >= 15 is 0 Å². The van der Waals surface area contributed by atoms with Crippen LogP contribution in [-0.2, 0) is 28.6 Å². The Kier molecular flexibility index (Phi) is 52.9. The molecule has 0 aromatic heterocycles. The molecule has 1 unspecified atom stereocenters. The molecule has 0 N–H and O–H groups in total. The van der Waals surface area contributed by atoms with Crippen molar-refractivity contribution in [3.05, 3.63) is 97.2 Å². The van der Waals surface area contributed by atoms with Gasteiger partial charge in [0.25, 0.3) is 0 Å². The summed E-state index contributed by atoms with van der Waals surface area (Å²) in [4.78, 5) is 38.1. The molecule has 0 amide bonds. The zero-order valence-corrected chi connectivity index (χ0v) is 44.3. The zero-order valence-electron chi connectivity index (χ0n) is 44.3. The predicted octanol–water partition coefficient (Wildman–Crippen LogP) is 18.9. The molecule has 0 fully saturated rings. The van der Waals surface area contributed by atoms with Crippen LogP contribution in [0.5, 0.6) is 0 Å². The van der Waals surface area contributed by atoms with Gasteiger partial charge in [-0.1, -0.05) is 214 Å². The van der Waals surface area contributed by atoms with Crippen LogP contribution in [-0.4, -0.2) is 37.2 Å². The molecule has 6 heteroatoms. The number of carbonyl (C=O) groups is 3. The van der Waals surface area contributed by atoms with Crippen molar-refractivity contribution in [3.8, 4) is 0 Å². The second-order valence-electron chi connectivity index (χ2n) is 18.5. The molecule has 0 aliphatic heterocycles. The van der Waals surface area contributed by atoms with Crippen LogP contribution in [0.15, 0.2) is 97.2 Å². The van der Waals surface area contributed by atoms with Crippen LogP contribution in [0.25, 0.3) is 0 Å². The average Bonchev–Trinajstić information content (AvgIpc) is 3.34. The van der Waals surface area contributed by atoms with Gasteiger partial charge in [0, 0.05) is 19.3 Å². The van der Waals surface area contributed by atoms with Crippen LogP contribution in [0.3, 0.4) is 0 Å². The average molecular weight is 946 g/mol.